The molecule has 6 heteroatoms. The van der Waals surface area contributed by atoms with Gasteiger partial charge in [-0.05, 0) is 31.2 Å². The van der Waals surface area contributed by atoms with Gasteiger partial charge >= 0.3 is 0 Å². The molecule has 0 radical (unpaired) electrons. The summed E-state index contributed by atoms with van der Waals surface area (Å²) in [5, 5.41) is 5.53. The fourth-order valence-electron chi connectivity index (χ4n) is 2.40. The lowest BCUT2D eigenvalue weighted by atomic mass is 10.1. The van der Waals surface area contributed by atoms with Crippen LogP contribution in [-0.2, 0) is 4.79 Å². The maximum atomic E-state index is 12.1. The van der Waals surface area contributed by atoms with Crippen LogP contribution < -0.4 is 20.1 Å². The van der Waals surface area contributed by atoms with Gasteiger partial charge in [-0.2, -0.15) is 0 Å². The minimum absolute atomic E-state index is 0.0715. The van der Waals surface area contributed by atoms with Gasteiger partial charge in [-0.15, -0.1) is 0 Å². The number of benzene rings is 2. The van der Waals surface area contributed by atoms with E-state index in [-0.39, 0.29) is 18.7 Å². The molecule has 0 bridgehead atoms. The Kier molecular flexibility index (Phi) is 4.69. The topological polar surface area (TPSA) is 64.2 Å². The number of carbonyl (C=O) groups is 1. The van der Waals surface area contributed by atoms with Crippen LogP contribution in [-0.4, -0.2) is 19.2 Å². The molecular weight excluding hydrogens is 316 g/mol. The number of hydrogen-bond acceptors (Lipinski definition) is 3. The van der Waals surface area contributed by atoms with Gasteiger partial charge < -0.3 is 20.1 Å². The average molecular weight is 334 g/mol. The Bertz CT molecular complexity index is 721. The maximum absolute atomic E-state index is 12.1. The van der Waals surface area contributed by atoms with Crippen molar-refractivity contribution in [2.24, 2.45) is 0 Å². The summed E-state index contributed by atoms with van der Waals surface area (Å²) < 4.78 is 10.5. The Morgan fingerprint density at radius 1 is 1.26 bits per heavy atom. The van der Waals surface area contributed by atoms with Gasteiger partial charge in [0.2, 0.25) is 6.79 Å². The number of halogens is 1. The highest BCUT2D eigenvalue weighted by Gasteiger charge is 2.15. The molecule has 3 N–H and O–H groups in total. The zero-order chi connectivity index (χ0) is 16.2. The van der Waals surface area contributed by atoms with E-state index in [2.05, 4.69) is 5.32 Å². The highest BCUT2D eigenvalue weighted by atomic mass is 35.5. The zero-order valence-corrected chi connectivity index (χ0v) is 13.5. The lowest BCUT2D eigenvalue weighted by Gasteiger charge is -2.11. The van der Waals surface area contributed by atoms with Crippen LogP contribution in [0.5, 0.6) is 11.5 Å². The van der Waals surface area contributed by atoms with Crippen molar-refractivity contribution in [1.29, 1.82) is 0 Å². The van der Waals surface area contributed by atoms with E-state index in [1.165, 1.54) is 0 Å². The van der Waals surface area contributed by atoms with Gasteiger partial charge in [0.15, 0.2) is 18.0 Å². The number of hydrogen-bond donors (Lipinski definition) is 2. The molecule has 23 heavy (non-hydrogen) atoms. The molecule has 0 saturated heterocycles. The van der Waals surface area contributed by atoms with Gasteiger partial charge in [-0.25, -0.2) is 0 Å². The minimum Gasteiger partial charge on any atom is -0.454 e. The summed E-state index contributed by atoms with van der Waals surface area (Å²) in [4.78, 5) is 12.1. The van der Waals surface area contributed by atoms with E-state index in [1.807, 2.05) is 36.5 Å². The van der Waals surface area contributed by atoms with E-state index in [1.54, 1.807) is 18.2 Å². The first-order valence-corrected chi connectivity index (χ1v) is 7.78. The first-order chi connectivity index (χ1) is 11.1. The van der Waals surface area contributed by atoms with Crippen LogP contribution in [0, 0.1) is 0 Å². The second-order valence-electron chi connectivity index (χ2n) is 5.40. The van der Waals surface area contributed by atoms with E-state index in [9.17, 15) is 4.79 Å². The molecule has 1 atom stereocenters. The SMILES string of the molecule is C[C@H]([NH2+]CC(=O)Nc1ccc2c(c1)OCO2)c1cccc(Cl)c1. The molecule has 1 heterocycles. The Morgan fingerprint density at radius 3 is 2.91 bits per heavy atom. The van der Waals surface area contributed by atoms with Crippen molar-refractivity contribution in [1.82, 2.24) is 0 Å². The Balaban J connectivity index is 1.53. The standard InChI is InChI=1S/C17H17ClN2O3/c1-11(12-3-2-4-13(18)7-12)19-9-17(21)20-14-5-6-15-16(8-14)23-10-22-15/h2-8,11,19H,9-10H2,1H3,(H,20,21)/p+1/t11-/m0/s1. The molecule has 120 valence electrons. The zero-order valence-electron chi connectivity index (χ0n) is 12.7. The largest absolute Gasteiger partial charge is 0.454 e. The number of nitrogens with one attached hydrogen (secondary N) is 1. The minimum atomic E-state index is -0.0715. The summed E-state index contributed by atoms with van der Waals surface area (Å²) in [6.07, 6.45) is 0. The number of fused-ring (bicyclic) bond motifs is 1. The fourth-order valence-corrected chi connectivity index (χ4v) is 2.59. The third-order valence-electron chi connectivity index (χ3n) is 3.69. The molecule has 0 spiro atoms. The molecule has 0 fully saturated rings. The highest BCUT2D eigenvalue weighted by molar-refractivity contribution is 6.30. The molecule has 0 saturated carbocycles. The molecule has 1 aliphatic heterocycles. The number of nitrogens with two attached hydrogens (primary N) is 1. The van der Waals surface area contributed by atoms with Crippen LogP contribution in [0.15, 0.2) is 42.5 Å². The molecule has 3 rings (SSSR count). The normalized spacial score (nSPS) is 13.7. The maximum Gasteiger partial charge on any atom is 0.279 e. The van der Waals surface area contributed by atoms with E-state index < -0.39 is 0 Å². The van der Waals surface area contributed by atoms with Gasteiger partial charge in [-0.3, -0.25) is 4.79 Å². The van der Waals surface area contributed by atoms with Crippen LogP contribution in [0.3, 0.4) is 0 Å². The molecule has 0 aromatic heterocycles. The average Bonchev–Trinajstić information content (AvgIpc) is 3.00. The predicted molar refractivity (Wildman–Crippen MR) is 87.9 cm³/mol. The van der Waals surface area contributed by atoms with Gasteiger partial charge in [0, 0.05) is 22.3 Å². The third-order valence-corrected chi connectivity index (χ3v) is 3.92. The van der Waals surface area contributed by atoms with Crippen molar-refractivity contribution in [3.8, 4) is 11.5 Å². The lowest BCUT2D eigenvalue weighted by Crippen LogP contribution is -2.86. The van der Waals surface area contributed by atoms with Crippen LogP contribution in [0.25, 0.3) is 0 Å². The Hall–Kier alpha value is -2.24. The van der Waals surface area contributed by atoms with Crippen LogP contribution in [0.2, 0.25) is 5.02 Å². The van der Waals surface area contributed by atoms with E-state index in [4.69, 9.17) is 21.1 Å². The van der Waals surface area contributed by atoms with Crippen LogP contribution >= 0.6 is 11.6 Å². The van der Waals surface area contributed by atoms with E-state index >= 15 is 0 Å². The van der Waals surface area contributed by atoms with E-state index in [0.29, 0.717) is 28.8 Å². The number of carbonyl (C=O) groups excluding carboxylic acids is 1. The van der Waals surface area contributed by atoms with Crippen molar-refractivity contribution >= 4 is 23.2 Å². The summed E-state index contributed by atoms with van der Waals surface area (Å²) >= 11 is 5.99. The summed E-state index contributed by atoms with van der Waals surface area (Å²) in [6, 6.07) is 13.2. The van der Waals surface area contributed by atoms with Gasteiger partial charge in [0.25, 0.3) is 5.91 Å². The van der Waals surface area contributed by atoms with Gasteiger partial charge in [-0.1, -0.05) is 23.7 Å². The van der Waals surface area contributed by atoms with Crippen LogP contribution in [0.4, 0.5) is 5.69 Å². The second-order valence-corrected chi connectivity index (χ2v) is 5.84. The number of ether oxygens (including phenoxy) is 2. The molecule has 5 nitrogen and oxygen atoms in total. The molecular formula is C17H18ClN2O3+. The Morgan fingerprint density at radius 2 is 2.09 bits per heavy atom. The number of quaternary nitrogens is 1. The first kappa shape index (κ1) is 15.6. The predicted octanol–water partition coefficient (Wildman–Crippen LogP) is 2.33. The smallest absolute Gasteiger partial charge is 0.279 e. The number of anilines is 1. The molecule has 1 amide bonds. The second kappa shape index (κ2) is 6.89. The van der Waals surface area contributed by atoms with Crippen molar-refractivity contribution in [2.75, 3.05) is 18.7 Å². The molecule has 1 aliphatic rings. The summed E-state index contributed by atoms with van der Waals surface area (Å²) in [5.74, 6) is 1.28. The van der Waals surface area contributed by atoms with Crippen molar-refractivity contribution in [3.63, 3.8) is 0 Å². The summed E-state index contributed by atoms with van der Waals surface area (Å²) in [6.45, 7) is 2.58. The highest BCUT2D eigenvalue weighted by Crippen LogP contribution is 2.34. The quantitative estimate of drug-likeness (QED) is 0.882. The van der Waals surface area contributed by atoms with Crippen molar-refractivity contribution in [3.05, 3.63) is 53.1 Å². The monoisotopic (exact) mass is 333 g/mol. The third kappa shape index (κ3) is 3.94. The lowest BCUT2D eigenvalue weighted by molar-refractivity contribution is -0.682. The first-order valence-electron chi connectivity index (χ1n) is 7.40. The summed E-state index contributed by atoms with van der Waals surface area (Å²) in [7, 11) is 0. The molecule has 2 aromatic rings. The van der Waals surface area contributed by atoms with Crippen molar-refractivity contribution < 1.29 is 19.6 Å². The fraction of sp³-hybridized carbons (Fsp3) is 0.235. The number of rotatable bonds is 5. The molecule has 0 unspecified atom stereocenters. The van der Waals surface area contributed by atoms with Gasteiger partial charge in [0.05, 0.1) is 0 Å². The molecule has 2 aromatic carbocycles. The van der Waals surface area contributed by atoms with E-state index in [0.717, 1.165) is 5.56 Å². The van der Waals surface area contributed by atoms with Crippen molar-refractivity contribution in [2.45, 2.75) is 13.0 Å². The molecule has 0 aliphatic carbocycles. The Labute approximate surface area is 139 Å². The summed E-state index contributed by atoms with van der Waals surface area (Å²) in [5.41, 5.74) is 1.79. The van der Waals surface area contributed by atoms with Crippen LogP contribution in [0.1, 0.15) is 18.5 Å². The van der Waals surface area contributed by atoms with Gasteiger partial charge in [0.1, 0.15) is 6.04 Å². The number of amides is 1.